The lowest BCUT2D eigenvalue weighted by Gasteiger charge is -2.63. The zero-order chi connectivity index (χ0) is 29.1. The number of methoxy groups -OCH3 is 1. The molecule has 0 unspecified atom stereocenters. The molecule has 1 heterocycles. The second-order valence-corrected chi connectivity index (χ2v) is 14.6. The maximum absolute atomic E-state index is 14.3. The molecule has 8 nitrogen and oxygen atoms in total. The van der Waals surface area contributed by atoms with Gasteiger partial charge in [0.15, 0.2) is 5.78 Å². The van der Waals surface area contributed by atoms with Crippen molar-refractivity contribution in [1.29, 1.82) is 0 Å². The highest BCUT2D eigenvalue weighted by Crippen LogP contribution is 2.82. The zero-order valence-corrected chi connectivity index (χ0v) is 24.5. The number of Topliss-reactive ketones (excluding diaryl/α,β-unsaturated/α-hetero) is 1. The van der Waals surface area contributed by atoms with Gasteiger partial charge in [0.2, 0.25) is 0 Å². The number of allylic oxidation sites excluding steroid dienone is 1. The number of aliphatic hydroxyl groups is 1. The van der Waals surface area contributed by atoms with Crippen molar-refractivity contribution in [3.05, 3.63) is 33.4 Å². The second-order valence-electron chi connectivity index (χ2n) is 14.6. The van der Waals surface area contributed by atoms with Gasteiger partial charge in [0.25, 0.3) is 0 Å². The molecule has 0 aromatic heterocycles. The van der Waals surface area contributed by atoms with Gasteiger partial charge in [-0.25, -0.2) is 9.59 Å². The van der Waals surface area contributed by atoms with Crippen LogP contribution in [0.5, 0.6) is 0 Å². The van der Waals surface area contributed by atoms with E-state index in [4.69, 9.17) is 14.2 Å². The number of carbonyl (C=O) groups excluding carboxylic acids is 4. The second kappa shape index (κ2) is 7.61. The van der Waals surface area contributed by atoms with Gasteiger partial charge in [-0.3, -0.25) is 9.59 Å². The summed E-state index contributed by atoms with van der Waals surface area (Å²) < 4.78 is 17.4. The molecule has 0 amide bonds. The Balaban J connectivity index is 1.39. The molecular weight excluding hydrogens is 524 g/mol. The zero-order valence-electron chi connectivity index (χ0n) is 24.5. The van der Waals surface area contributed by atoms with Crippen LogP contribution in [-0.4, -0.2) is 54.2 Å². The molecule has 0 aromatic carbocycles. The van der Waals surface area contributed by atoms with Crippen LogP contribution >= 0.6 is 0 Å². The summed E-state index contributed by atoms with van der Waals surface area (Å²) in [6.07, 6.45) is 2.14. The van der Waals surface area contributed by atoms with Gasteiger partial charge in [0.05, 0.1) is 19.6 Å². The Morgan fingerprint density at radius 2 is 1.80 bits per heavy atom. The van der Waals surface area contributed by atoms with Crippen LogP contribution in [0.4, 0.5) is 0 Å². The maximum Gasteiger partial charge on any atom is 0.334 e. The summed E-state index contributed by atoms with van der Waals surface area (Å²) >= 11 is 0. The molecule has 0 saturated heterocycles. The summed E-state index contributed by atoms with van der Waals surface area (Å²) in [7, 11) is 1.30. The minimum atomic E-state index is -1.26. The minimum absolute atomic E-state index is 0.0849. The average Bonchev–Trinajstić information content (AvgIpc) is 3.84. The Morgan fingerprint density at radius 1 is 1.07 bits per heavy atom. The molecule has 7 aliphatic carbocycles. The van der Waals surface area contributed by atoms with Crippen molar-refractivity contribution >= 4 is 23.7 Å². The van der Waals surface area contributed by atoms with Gasteiger partial charge in [-0.05, 0) is 91.6 Å². The highest BCUT2D eigenvalue weighted by atomic mass is 16.6. The van der Waals surface area contributed by atoms with E-state index >= 15 is 0 Å². The number of esters is 3. The van der Waals surface area contributed by atoms with Crippen molar-refractivity contribution in [1.82, 2.24) is 0 Å². The van der Waals surface area contributed by atoms with Gasteiger partial charge in [-0.1, -0.05) is 19.4 Å². The first-order chi connectivity index (χ1) is 19.3. The van der Waals surface area contributed by atoms with E-state index in [2.05, 4.69) is 6.92 Å². The van der Waals surface area contributed by atoms with Crippen LogP contribution in [0, 0.1) is 58.2 Å². The van der Waals surface area contributed by atoms with Gasteiger partial charge < -0.3 is 19.3 Å². The van der Waals surface area contributed by atoms with Crippen LogP contribution in [-0.2, 0) is 33.4 Å². The number of ketones is 1. The van der Waals surface area contributed by atoms with E-state index < -0.39 is 34.8 Å². The topological polar surface area (TPSA) is 116 Å². The number of hydrogen-bond acceptors (Lipinski definition) is 8. The molecule has 8 rings (SSSR count). The van der Waals surface area contributed by atoms with Crippen molar-refractivity contribution in [2.75, 3.05) is 13.7 Å². The predicted molar refractivity (Wildman–Crippen MR) is 144 cm³/mol. The Morgan fingerprint density at radius 3 is 2.49 bits per heavy atom. The fourth-order valence-electron chi connectivity index (χ4n) is 11.7. The van der Waals surface area contributed by atoms with Gasteiger partial charge in [-0.2, -0.15) is 0 Å². The lowest BCUT2D eigenvalue weighted by Crippen LogP contribution is -2.66. The third kappa shape index (κ3) is 2.69. The first-order valence-electron chi connectivity index (χ1n) is 15.2. The van der Waals surface area contributed by atoms with Crippen molar-refractivity contribution in [3.8, 4) is 0 Å². The van der Waals surface area contributed by atoms with E-state index in [1.54, 1.807) is 6.92 Å². The lowest BCUT2D eigenvalue weighted by atomic mass is 9.42. The van der Waals surface area contributed by atoms with Crippen LogP contribution in [0.25, 0.3) is 0 Å². The quantitative estimate of drug-likeness (QED) is 0.241. The standard InChI is InChI=1S/C33H38O8/c1-12-19-10-22-18(11-40-14(3)34)16-8-20(16)31(22,4)23-9-17-15-7-21(15)32(5)25(17)26(33(19,23)41-30(12)38)24(27(35)28(32)36)13(2)29(37)39-6/h15-16,18,20-23,26,28,36H,7-11H2,1-6H3/t15-,16-,18+,20-,21-,22+,23+,26-,28+,31+,32+,33+/m1/s1. The smallest absolute Gasteiger partial charge is 0.334 e. The Hall–Kier alpha value is -2.74. The maximum atomic E-state index is 14.3. The van der Waals surface area contributed by atoms with Crippen LogP contribution < -0.4 is 0 Å². The Labute approximate surface area is 239 Å². The van der Waals surface area contributed by atoms with Gasteiger partial charge >= 0.3 is 17.9 Å². The molecule has 1 aliphatic heterocycles. The molecule has 1 spiro atoms. The fraction of sp³-hybridized carbons (Fsp3) is 0.697. The molecular formula is C33H38O8. The molecule has 8 aliphatic rings. The molecule has 0 radical (unpaired) electrons. The van der Waals surface area contributed by atoms with E-state index in [-0.39, 0.29) is 52.2 Å². The van der Waals surface area contributed by atoms with Crippen LogP contribution in [0.3, 0.4) is 0 Å². The lowest BCUT2D eigenvalue weighted by molar-refractivity contribution is -0.179. The largest absolute Gasteiger partial charge is 0.466 e. The Kier molecular flexibility index (Phi) is 4.81. The number of ether oxygens (including phenoxy) is 3. The van der Waals surface area contributed by atoms with E-state index in [9.17, 15) is 24.3 Å². The summed E-state index contributed by atoms with van der Waals surface area (Å²) in [4.78, 5) is 52.7. The molecule has 1 N–H and O–H groups in total. The van der Waals surface area contributed by atoms with Crippen molar-refractivity contribution in [2.45, 2.75) is 72.0 Å². The highest BCUT2D eigenvalue weighted by molar-refractivity contribution is 6.09. The first-order valence-corrected chi connectivity index (χ1v) is 15.2. The number of aliphatic hydroxyl groups excluding tert-OH is 1. The van der Waals surface area contributed by atoms with Crippen LogP contribution in [0.2, 0.25) is 0 Å². The molecule has 8 heteroatoms. The molecule has 0 aromatic rings. The van der Waals surface area contributed by atoms with Crippen LogP contribution in [0.15, 0.2) is 33.4 Å². The number of fused-ring (bicyclic) bond motifs is 7. The van der Waals surface area contributed by atoms with E-state index in [1.807, 2.05) is 13.8 Å². The normalized spacial score (nSPS) is 50.7. The molecule has 41 heavy (non-hydrogen) atoms. The monoisotopic (exact) mass is 562 g/mol. The Bertz CT molecular complexity index is 1480. The van der Waals surface area contributed by atoms with E-state index in [0.29, 0.717) is 36.4 Å². The third-order valence-corrected chi connectivity index (χ3v) is 13.5. The van der Waals surface area contributed by atoms with E-state index in [1.165, 1.54) is 19.6 Å². The molecule has 5 saturated carbocycles. The first kappa shape index (κ1) is 25.9. The summed E-state index contributed by atoms with van der Waals surface area (Å²) in [5.41, 5.74) is 2.26. The summed E-state index contributed by atoms with van der Waals surface area (Å²) in [6, 6.07) is 0. The molecule has 12 atom stereocenters. The van der Waals surface area contributed by atoms with Gasteiger partial charge in [0, 0.05) is 35.0 Å². The van der Waals surface area contributed by atoms with Crippen molar-refractivity contribution in [3.63, 3.8) is 0 Å². The van der Waals surface area contributed by atoms with E-state index in [0.717, 1.165) is 30.4 Å². The fourth-order valence-corrected chi connectivity index (χ4v) is 11.7. The predicted octanol–water partition coefficient (Wildman–Crippen LogP) is 3.48. The van der Waals surface area contributed by atoms with Crippen molar-refractivity contribution in [2.24, 2.45) is 58.2 Å². The molecule has 5 fully saturated rings. The third-order valence-electron chi connectivity index (χ3n) is 13.5. The number of carbonyl (C=O) groups is 4. The summed E-state index contributed by atoms with van der Waals surface area (Å²) in [6.45, 7) is 9.63. The minimum Gasteiger partial charge on any atom is -0.466 e. The van der Waals surface area contributed by atoms with Crippen molar-refractivity contribution < 1.29 is 38.5 Å². The summed E-state index contributed by atoms with van der Waals surface area (Å²) in [5.74, 6) is -0.620. The average molecular weight is 563 g/mol. The highest BCUT2D eigenvalue weighted by Gasteiger charge is 2.81. The number of hydrogen-bond donors (Lipinski definition) is 1. The van der Waals surface area contributed by atoms with Gasteiger partial charge in [0.1, 0.15) is 11.7 Å². The number of rotatable bonds is 3. The summed E-state index contributed by atoms with van der Waals surface area (Å²) in [5, 5.41) is 11.6. The molecule has 218 valence electrons. The SMILES string of the molecule is COC(=O)C(C)=C1C(=O)[C@H](O)[C@]2(C)C3=C(C[C@@H]4[C@]5(OC(=O)C(C)=C5C[C@H]5[C@@H](COC(C)=O)[C@H]6C[C@H]6[C@]45C)[C@H]13)[C@H]1C[C@H]12. The van der Waals surface area contributed by atoms with Crippen LogP contribution in [0.1, 0.15) is 60.3 Å². The molecule has 0 bridgehead atoms. The van der Waals surface area contributed by atoms with Gasteiger partial charge in [-0.15, -0.1) is 0 Å².